The van der Waals surface area contributed by atoms with Crippen molar-refractivity contribution in [2.45, 2.75) is 19.4 Å². The first-order valence-electron chi connectivity index (χ1n) is 6.62. The Hall–Kier alpha value is -2.67. The van der Waals surface area contributed by atoms with E-state index < -0.39 is 29.6 Å². The molecular formula is C15H19N3O4. The van der Waals surface area contributed by atoms with E-state index in [1.54, 1.807) is 0 Å². The number of carbonyl (C=O) groups is 3. The van der Waals surface area contributed by atoms with Crippen LogP contribution >= 0.6 is 0 Å². The highest BCUT2D eigenvalue weighted by atomic mass is 16.4. The Bertz CT molecular complexity index is 635. The van der Waals surface area contributed by atoms with Crippen molar-refractivity contribution in [1.29, 1.82) is 0 Å². The number of para-hydroxylation sites is 1. The Balaban J connectivity index is 0.000000231. The average molecular weight is 305 g/mol. The summed E-state index contributed by atoms with van der Waals surface area (Å²) in [5.41, 5.74) is 11.2. The predicted molar refractivity (Wildman–Crippen MR) is 81.9 cm³/mol. The number of fused-ring (bicyclic) bond motifs is 1. The Labute approximate surface area is 127 Å². The second-order valence-corrected chi connectivity index (χ2v) is 4.82. The number of carbonyl (C=O) groups excluding carboxylic acids is 2. The molecular weight excluding hydrogens is 286 g/mol. The first-order valence-corrected chi connectivity index (χ1v) is 6.62. The van der Waals surface area contributed by atoms with E-state index in [9.17, 15) is 14.4 Å². The molecule has 2 rings (SSSR count). The number of benzene rings is 1. The number of H-pyrrole nitrogens is 1. The van der Waals surface area contributed by atoms with Gasteiger partial charge in [-0.1, -0.05) is 18.2 Å². The number of rotatable bonds is 5. The van der Waals surface area contributed by atoms with E-state index in [-0.39, 0.29) is 6.42 Å². The molecule has 0 aliphatic rings. The summed E-state index contributed by atoms with van der Waals surface area (Å²) in [6.07, 6.45) is 1.62. The summed E-state index contributed by atoms with van der Waals surface area (Å²) in [5.74, 6) is -3.54. The Morgan fingerprint density at radius 1 is 1.23 bits per heavy atom. The Morgan fingerprint density at radius 2 is 1.86 bits per heavy atom. The fourth-order valence-corrected chi connectivity index (χ4v) is 1.91. The van der Waals surface area contributed by atoms with Gasteiger partial charge in [-0.25, -0.2) is 0 Å². The van der Waals surface area contributed by atoms with Crippen molar-refractivity contribution < 1.29 is 19.5 Å². The normalized spacial score (nSPS) is 12.8. The average Bonchev–Trinajstić information content (AvgIpc) is 2.92. The van der Waals surface area contributed by atoms with Crippen molar-refractivity contribution in [1.82, 2.24) is 4.98 Å². The van der Waals surface area contributed by atoms with Crippen molar-refractivity contribution in [3.05, 3.63) is 36.5 Å². The maximum atomic E-state index is 10.9. The summed E-state index contributed by atoms with van der Waals surface area (Å²) in [6.45, 7) is 1.18. The molecule has 0 spiro atoms. The second-order valence-electron chi connectivity index (χ2n) is 4.82. The number of hydrogen-bond acceptors (Lipinski definition) is 4. The molecule has 1 heterocycles. The van der Waals surface area contributed by atoms with E-state index in [1.807, 2.05) is 18.3 Å². The van der Waals surface area contributed by atoms with Crippen LogP contribution in [0.3, 0.4) is 0 Å². The molecule has 0 aliphatic carbocycles. The minimum Gasteiger partial charge on any atom is -0.480 e. The molecule has 7 heteroatoms. The zero-order chi connectivity index (χ0) is 16.7. The number of primary amides is 1. The van der Waals surface area contributed by atoms with Crippen LogP contribution in [0.2, 0.25) is 0 Å². The van der Waals surface area contributed by atoms with Crippen LogP contribution in [0, 0.1) is 5.92 Å². The summed E-state index contributed by atoms with van der Waals surface area (Å²) >= 11 is 0. The molecule has 0 saturated heterocycles. The predicted octanol–water partition coefficient (Wildman–Crippen LogP) is 0.647. The number of aliphatic carboxylic acids is 1. The molecule has 1 aromatic carbocycles. The minimum atomic E-state index is -1.37. The van der Waals surface area contributed by atoms with Crippen LogP contribution < -0.4 is 11.5 Å². The molecule has 0 saturated carbocycles. The number of aromatic amines is 1. The number of ketones is 1. The van der Waals surface area contributed by atoms with Crippen LogP contribution in [0.25, 0.3) is 10.9 Å². The lowest BCUT2D eigenvalue weighted by Gasteiger charge is -2.15. The number of nitrogens with one attached hydrogen (secondary N) is 1. The molecule has 2 atom stereocenters. The molecule has 0 bridgehead atoms. The number of carboxylic acids is 1. The molecule has 0 radical (unpaired) electrons. The standard InChI is InChI=1S/C8H7N.C7H12N2O4/c1-2-4-8-7(3-1)5-6-9-8;1-3(10)4(2-5(8)11)6(9)7(12)13/h1-6,9H;4,6H,2,9H2,1H3,(H2,8,11)(H,12,13). The topological polar surface area (TPSA) is 139 Å². The van der Waals surface area contributed by atoms with Crippen LogP contribution in [0.15, 0.2) is 36.5 Å². The maximum absolute atomic E-state index is 10.9. The lowest BCUT2D eigenvalue weighted by atomic mass is 9.93. The van der Waals surface area contributed by atoms with Gasteiger partial charge >= 0.3 is 5.97 Å². The molecule has 0 aliphatic heterocycles. The second kappa shape index (κ2) is 7.94. The SMILES string of the molecule is CC(=O)C(CC(N)=O)C(N)C(=O)O.c1ccc2[nH]ccc2c1. The number of aromatic nitrogens is 1. The summed E-state index contributed by atoms with van der Waals surface area (Å²) < 4.78 is 0. The quantitative estimate of drug-likeness (QED) is 0.642. The van der Waals surface area contributed by atoms with E-state index in [1.165, 1.54) is 17.8 Å². The molecule has 1 amide bonds. The zero-order valence-electron chi connectivity index (χ0n) is 12.2. The number of carboxylic acid groups (broad SMARTS) is 1. The molecule has 1 aromatic heterocycles. The molecule has 22 heavy (non-hydrogen) atoms. The van der Waals surface area contributed by atoms with Crippen LogP contribution in [-0.2, 0) is 14.4 Å². The monoisotopic (exact) mass is 305 g/mol. The van der Waals surface area contributed by atoms with Crippen LogP contribution in [-0.4, -0.2) is 33.8 Å². The van der Waals surface area contributed by atoms with Crippen LogP contribution in [0.1, 0.15) is 13.3 Å². The molecule has 2 aromatic rings. The van der Waals surface area contributed by atoms with Gasteiger partial charge in [0, 0.05) is 18.1 Å². The lowest BCUT2D eigenvalue weighted by molar-refractivity contribution is -0.142. The molecule has 2 unspecified atom stereocenters. The molecule has 7 nitrogen and oxygen atoms in total. The molecule has 6 N–H and O–H groups in total. The van der Waals surface area contributed by atoms with Gasteiger partial charge < -0.3 is 21.6 Å². The van der Waals surface area contributed by atoms with Gasteiger partial charge in [0.05, 0.1) is 5.92 Å². The van der Waals surface area contributed by atoms with Gasteiger partial charge in [-0.2, -0.15) is 0 Å². The summed E-state index contributed by atoms with van der Waals surface area (Å²) in [6, 6.07) is 8.91. The van der Waals surface area contributed by atoms with Crippen molar-refractivity contribution >= 4 is 28.6 Å². The third-order valence-electron chi connectivity index (χ3n) is 3.12. The third-order valence-corrected chi connectivity index (χ3v) is 3.12. The van der Waals surface area contributed by atoms with Gasteiger partial charge in [0.2, 0.25) is 5.91 Å². The smallest absolute Gasteiger partial charge is 0.321 e. The Morgan fingerprint density at radius 3 is 2.36 bits per heavy atom. The third kappa shape index (κ3) is 5.02. The Kier molecular flexibility index (Phi) is 6.27. The number of Topliss-reactive ketones (excluding diaryl/α,β-unsaturated/α-hetero) is 1. The first-order chi connectivity index (χ1) is 10.3. The van der Waals surface area contributed by atoms with Crippen molar-refractivity contribution in [2.75, 3.05) is 0 Å². The van der Waals surface area contributed by atoms with Gasteiger partial charge in [0.1, 0.15) is 11.8 Å². The highest BCUT2D eigenvalue weighted by Crippen LogP contribution is 2.09. The summed E-state index contributed by atoms with van der Waals surface area (Å²) in [5, 5.41) is 9.76. The minimum absolute atomic E-state index is 0.331. The lowest BCUT2D eigenvalue weighted by Crippen LogP contribution is -2.43. The summed E-state index contributed by atoms with van der Waals surface area (Å²) in [7, 11) is 0. The van der Waals surface area contributed by atoms with Crippen LogP contribution in [0.5, 0.6) is 0 Å². The molecule has 0 fully saturated rings. The number of nitrogens with two attached hydrogens (primary N) is 2. The maximum Gasteiger partial charge on any atom is 0.321 e. The van der Waals surface area contributed by atoms with E-state index in [4.69, 9.17) is 16.6 Å². The van der Waals surface area contributed by atoms with Crippen molar-refractivity contribution in [2.24, 2.45) is 17.4 Å². The van der Waals surface area contributed by atoms with Gasteiger partial charge in [-0.05, 0) is 24.4 Å². The molecule has 118 valence electrons. The largest absolute Gasteiger partial charge is 0.480 e. The van der Waals surface area contributed by atoms with Crippen molar-refractivity contribution in [3.8, 4) is 0 Å². The van der Waals surface area contributed by atoms with Gasteiger partial charge in [0.25, 0.3) is 0 Å². The highest BCUT2D eigenvalue weighted by molar-refractivity contribution is 5.90. The van der Waals surface area contributed by atoms with E-state index in [0.717, 1.165) is 0 Å². The van der Waals surface area contributed by atoms with Crippen molar-refractivity contribution in [3.63, 3.8) is 0 Å². The van der Waals surface area contributed by atoms with E-state index in [2.05, 4.69) is 23.2 Å². The van der Waals surface area contributed by atoms with E-state index >= 15 is 0 Å². The van der Waals surface area contributed by atoms with E-state index in [0.29, 0.717) is 0 Å². The highest BCUT2D eigenvalue weighted by Gasteiger charge is 2.29. The van der Waals surface area contributed by atoms with Gasteiger partial charge in [0.15, 0.2) is 0 Å². The number of hydrogen-bond donors (Lipinski definition) is 4. The zero-order valence-corrected chi connectivity index (χ0v) is 12.2. The first kappa shape index (κ1) is 17.4. The fourth-order valence-electron chi connectivity index (χ4n) is 1.91. The summed E-state index contributed by atoms with van der Waals surface area (Å²) in [4.78, 5) is 34.9. The van der Waals surface area contributed by atoms with Gasteiger partial charge in [-0.3, -0.25) is 14.4 Å². The van der Waals surface area contributed by atoms with Gasteiger partial charge in [-0.15, -0.1) is 0 Å². The van der Waals surface area contributed by atoms with Crippen LogP contribution in [0.4, 0.5) is 0 Å². The number of amides is 1. The fraction of sp³-hybridized carbons (Fsp3) is 0.267.